The Morgan fingerprint density at radius 2 is 2.20 bits per heavy atom. The third kappa shape index (κ3) is 4.57. The molecule has 25 heavy (non-hydrogen) atoms. The molecule has 2 heterocycles. The van der Waals surface area contributed by atoms with Gasteiger partial charge in [0.25, 0.3) is 0 Å². The van der Waals surface area contributed by atoms with E-state index in [0.29, 0.717) is 11.7 Å². The van der Waals surface area contributed by atoms with E-state index in [1.165, 1.54) is 12.3 Å². The van der Waals surface area contributed by atoms with Crippen molar-refractivity contribution in [2.75, 3.05) is 25.0 Å². The average Bonchev–Trinajstić information content (AvgIpc) is 2.95. The monoisotopic (exact) mass is 345 g/mol. The van der Waals surface area contributed by atoms with E-state index in [-0.39, 0.29) is 5.57 Å². The molecule has 0 atom stereocenters. The number of piperidine rings is 1. The molecule has 0 radical (unpaired) electrons. The van der Waals surface area contributed by atoms with Crippen LogP contribution in [0.2, 0.25) is 0 Å². The minimum absolute atomic E-state index is 0.149. The Labute approximate surface area is 148 Å². The van der Waals surface area contributed by atoms with Crippen LogP contribution in [0.4, 0.5) is 5.69 Å². The first-order valence-corrected chi connectivity index (χ1v) is 8.58. The molecule has 1 aliphatic heterocycles. The molecule has 0 bridgehead atoms. The van der Waals surface area contributed by atoms with Gasteiger partial charge in [-0.25, -0.2) is 4.79 Å². The van der Waals surface area contributed by atoms with Gasteiger partial charge in [0, 0.05) is 25.0 Å². The minimum atomic E-state index is -1.01. The van der Waals surface area contributed by atoms with Crippen molar-refractivity contribution in [3.05, 3.63) is 35.4 Å². The average molecular weight is 345 g/mol. The molecule has 1 aromatic rings. The third-order valence-electron chi connectivity index (χ3n) is 4.70. The normalized spacial score (nSPS) is 17.6. The maximum atomic E-state index is 11.4. The van der Waals surface area contributed by atoms with Gasteiger partial charge in [0.1, 0.15) is 0 Å². The second-order valence-corrected chi connectivity index (χ2v) is 6.22. The van der Waals surface area contributed by atoms with Crippen LogP contribution in [-0.4, -0.2) is 52.1 Å². The van der Waals surface area contributed by atoms with E-state index in [0.717, 1.165) is 43.9 Å². The lowest BCUT2D eigenvalue weighted by Crippen LogP contribution is -2.34. The van der Waals surface area contributed by atoms with E-state index in [9.17, 15) is 9.90 Å². The van der Waals surface area contributed by atoms with Crippen LogP contribution in [0.5, 0.6) is 0 Å². The molecule has 1 aliphatic rings. The molecule has 0 spiro atoms. The van der Waals surface area contributed by atoms with E-state index in [1.54, 1.807) is 13.1 Å². The van der Waals surface area contributed by atoms with Crippen LogP contribution in [0.3, 0.4) is 0 Å². The fourth-order valence-electron chi connectivity index (χ4n) is 3.15. The smallest absolute Gasteiger partial charge is 0.337 e. The van der Waals surface area contributed by atoms with Crippen LogP contribution in [0.15, 0.2) is 34.7 Å². The number of aliphatic carboxylic acids is 1. The standard InChI is InChI=1S/C18H27N5O2/c1-5-22-10-7-15(8-11-22)23-14(3)17(12-20-23)21-13(2)16(18(24)25)6-9-19-4/h6,9,12,15,21H,4-5,7-8,10-11H2,1-3H3,(H,24,25)/b9-6-,16-13-. The number of carboxylic acids is 1. The van der Waals surface area contributed by atoms with Gasteiger partial charge < -0.3 is 15.3 Å². The molecule has 1 aromatic heterocycles. The number of carbonyl (C=O) groups is 1. The lowest BCUT2D eigenvalue weighted by molar-refractivity contribution is -0.132. The molecule has 1 fully saturated rings. The highest BCUT2D eigenvalue weighted by Crippen LogP contribution is 2.27. The van der Waals surface area contributed by atoms with Gasteiger partial charge >= 0.3 is 5.97 Å². The molecule has 136 valence electrons. The fraction of sp³-hybridized carbons (Fsp3) is 0.500. The van der Waals surface area contributed by atoms with Crippen LogP contribution >= 0.6 is 0 Å². The summed E-state index contributed by atoms with van der Waals surface area (Å²) in [6.45, 7) is 12.5. The Balaban J connectivity index is 2.16. The van der Waals surface area contributed by atoms with Gasteiger partial charge in [-0.05, 0) is 46.0 Å². The van der Waals surface area contributed by atoms with Crippen LogP contribution in [0.1, 0.15) is 38.4 Å². The Morgan fingerprint density at radius 1 is 1.52 bits per heavy atom. The number of allylic oxidation sites excluding steroid dienone is 1. The number of aromatic nitrogens is 2. The van der Waals surface area contributed by atoms with E-state index in [4.69, 9.17) is 0 Å². The first-order chi connectivity index (χ1) is 12.0. The summed E-state index contributed by atoms with van der Waals surface area (Å²) in [5, 5.41) is 17.0. The highest BCUT2D eigenvalue weighted by Gasteiger charge is 2.22. The molecule has 1 saturated heterocycles. The van der Waals surface area contributed by atoms with Crippen molar-refractivity contribution in [3.8, 4) is 0 Å². The molecule has 2 N–H and O–H groups in total. The molecule has 0 aliphatic carbocycles. The molecule has 2 rings (SSSR count). The number of nitrogens with one attached hydrogen (secondary N) is 1. The summed E-state index contributed by atoms with van der Waals surface area (Å²) in [4.78, 5) is 17.4. The van der Waals surface area contributed by atoms with Crippen molar-refractivity contribution in [1.29, 1.82) is 0 Å². The highest BCUT2D eigenvalue weighted by molar-refractivity contribution is 5.91. The summed E-state index contributed by atoms with van der Waals surface area (Å²) >= 11 is 0. The number of aliphatic imine (C=N–C) groups is 1. The number of nitrogens with zero attached hydrogens (tertiary/aromatic N) is 4. The van der Waals surface area contributed by atoms with Crippen molar-refractivity contribution in [3.63, 3.8) is 0 Å². The summed E-state index contributed by atoms with van der Waals surface area (Å²) in [5.74, 6) is -1.01. The Hall–Kier alpha value is -2.41. The van der Waals surface area contributed by atoms with Crippen LogP contribution < -0.4 is 5.32 Å². The molecule has 0 saturated carbocycles. The number of likely N-dealkylation sites (tertiary alicyclic amines) is 1. The maximum Gasteiger partial charge on any atom is 0.337 e. The molecule has 7 heteroatoms. The Morgan fingerprint density at radius 3 is 2.76 bits per heavy atom. The first kappa shape index (κ1) is 18.9. The number of carboxylic acid groups (broad SMARTS) is 1. The minimum Gasteiger partial charge on any atom is -0.478 e. The zero-order chi connectivity index (χ0) is 18.4. The topological polar surface area (TPSA) is 82.7 Å². The van der Waals surface area contributed by atoms with E-state index in [2.05, 4.69) is 38.6 Å². The van der Waals surface area contributed by atoms with Crippen molar-refractivity contribution in [2.45, 2.75) is 39.7 Å². The van der Waals surface area contributed by atoms with Crippen molar-refractivity contribution in [2.24, 2.45) is 4.99 Å². The van der Waals surface area contributed by atoms with Gasteiger partial charge in [-0.2, -0.15) is 5.10 Å². The van der Waals surface area contributed by atoms with Crippen molar-refractivity contribution < 1.29 is 9.90 Å². The zero-order valence-electron chi connectivity index (χ0n) is 15.2. The second kappa shape index (κ2) is 8.62. The quantitative estimate of drug-likeness (QED) is 0.451. The van der Waals surface area contributed by atoms with Crippen LogP contribution in [-0.2, 0) is 4.79 Å². The summed E-state index contributed by atoms with van der Waals surface area (Å²) in [6, 6.07) is 0.395. The summed E-state index contributed by atoms with van der Waals surface area (Å²) < 4.78 is 2.06. The van der Waals surface area contributed by atoms with E-state index >= 15 is 0 Å². The molecular weight excluding hydrogens is 318 g/mol. The molecule has 0 aromatic carbocycles. The van der Waals surface area contributed by atoms with Gasteiger partial charge in [-0.15, -0.1) is 0 Å². The number of rotatable bonds is 7. The van der Waals surface area contributed by atoms with Gasteiger partial charge in [0.15, 0.2) is 0 Å². The number of anilines is 1. The van der Waals surface area contributed by atoms with Crippen molar-refractivity contribution in [1.82, 2.24) is 14.7 Å². The third-order valence-corrected chi connectivity index (χ3v) is 4.70. The highest BCUT2D eigenvalue weighted by atomic mass is 16.4. The number of hydrogen-bond acceptors (Lipinski definition) is 5. The van der Waals surface area contributed by atoms with Crippen molar-refractivity contribution >= 4 is 18.4 Å². The predicted octanol–water partition coefficient (Wildman–Crippen LogP) is 2.83. The largest absolute Gasteiger partial charge is 0.478 e. The SMILES string of the molecule is C=N/C=C\C(C(=O)O)=C(/C)Nc1cnn(C2CCN(CC)CC2)c1C. The van der Waals surface area contributed by atoms with Gasteiger partial charge in [0.05, 0.1) is 29.2 Å². The van der Waals surface area contributed by atoms with Crippen LogP contribution in [0, 0.1) is 6.92 Å². The zero-order valence-corrected chi connectivity index (χ0v) is 15.2. The van der Waals surface area contributed by atoms with Gasteiger partial charge in [-0.3, -0.25) is 9.67 Å². The Bertz CT molecular complexity index is 682. The molecule has 0 unspecified atom stereocenters. The fourth-order valence-corrected chi connectivity index (χ4v) is 3.15. The predicted molar refractivity (Wildman–Crippen MR) is 100.0 cm³/mol. The molecule has 0 amide bonds. The van der Waals surface area contributed by atoms with Crippen LogP contribution in [0.25, 0.3) is 0 Å². The maximum absolute atomic E-state index is 11.4. The summed E-state index contributed by atoms with van der Waals surface area (Å²) in [7, 11) is 0. The lowest BCUT2D eigenvalue weighted by atomic mass is 10.1. The van der Waals surface area contributed by atoms with Gasteiger partial charge in [0.2, 0.25) is 0 Å². The summed E-state index contributed by atoms with van der Waals surface area (Å²) in [5.41, 5.74) is 2.53. The Kier molecular flexibility index (Phi) is 6.52. The lowest BCUT2D eigenvalue weighted by Gasteiger charge is -2.31. The second-order valence-electron chi connectivity index (χ2n) is 6.22. The van der Waals surface area contributed by atoms with E-state index in [1.807, 2.05) is 6.92 Å². The molecular formula is C18H27N5O2. The first-order valence-electron chi connectivity index (χ1n) is 8.58. The van der Waals surface area contributed by atoms with E-state index < -0.39 is 5.97 Å². The molecule has 7 nitrogen and oxygen atoms in total. The van der Waals surface area contributed by atoms with Gasteiger partial charge in [-0.1, -0.05) is 6.92 Å². The summed E-state index contributed by atoms with van der Waals surface area (Å²) in [6.07, 6.45) is 6.72. The number of hydrogen-bond donors (Lipinski definition) is 2.